The van der Waals surface area contributed by atoms with Crippen molar-refractivity contribution in [2.45, 2.75) is 12.4 Å². The molecule has 0 amide bonds. The van der Waals surface area contributed by atoms with E-state index in [9.17, 15) is 39.5 Å². The molecule has 10 heteroatoms. The van der Waals surface area contributed by atoms with Gasteiger partial charge in [-0.3, -0.25) is 0 Å². The van der Waals surface area contributed by atoms with E-state index in [1.54, 1.807) is 0 Å². The Hall–Kier alpha value is -0.420. The lowest BCUT2D eigenvalue weighted by Gasteiger charge is -2.14. The van der Waals surface area contributed by atoms with Crippen molar-refractivity contribution in [3.05, 3.63) is 21.1 Å². The van der Waals surface area contributed by atoms with E-state index in [1.165, 1.54) is 0 Å². The quantitative estimate of drug-likeness (QED) is 0.351. The molecular formula is C6F9I. The Kier molecular flexibility index (Phi) is 4.71. The average molecular weight is 370 g/mol. The number of rotatable bonds is 1. The maximum Gasteiger partial charge on any atom is 0.422 e. The van der Waals surface area contributed by atoms with Gasteiger partial charge in [-0.05, 0) is 22.6 Å². The highest BCUT2D eigenvalue weighted by Crippen LogP contribution is 2.44. The fourth-order valence-corrected chi connectivity index (χ4v) is 1.12. The van der Waals surface area contributed by atoms with Crippen LogP contribution in [0.2, 0.25) is 0 Å². The first-order valence-corrected chi connectivity index (χ1v) is 4.22. The summed E-state index contributed by atoms with van der Waals surface area (Å²) < 4.78 is 104. The maximum absolute atomic E-state index is 12.3. The molecule has 0 aromatic carbocycles. The Balaban J connectivity index is 5.93. The molecule has 0 radical (unpaired) electrons. The number of hydrogen-bond acceptors (Lipinski definition) is 0. The van der Waals surface area contributed by atoms with E-state index in [1.807, 2.05) is 0 Å². The Morgan fingerprint density at radius 1 is 0.750 bits per heavy atom. The molecule has 0 aromatic rings. The largest absolute Gasteiger partial charge is 0.422 e. The van der Waals surface area contributed by atoms with Gasteiger partial charge in [-0.15, -0.1) is 0 Å². The minimum atomic E-state index is -5.86. The average Bonchev–Trinajstić information content (AvgIpc) is 1.99. The molecule has 0 unspecified atom stereocenters. The van der Waals surface area contributed by atoms with Crippen LogP contribution in [0.4, 0.5) is 39.5 Å². The van der Waals surface area contributed by atoms with Gasteiger partial charge < -0.3 is 0 Å². The van der Waals surface area contributed by atoms with E-state index in [0.717, 1.165) is 0 Å². The highest BCUT2D eigenvalue weighted by atomic mass is 127. The lowest BCUT2D eigenvalue weighted by molar-refractivity contribution is -0.108. The first kappa shape index (κ1) is 15.6. The van der Waals surface area contributed by atoms with Crippen LogP contribution in [0.15, 0.2) is 21.1 Å². The second kappa shape index (κ2) is 4.84. The molecule has 94 valence electrons. The van der Waals surface area contributed by atoms with E-state index in [-0.39, 0.29) is 22.6 Å². The molecule has 0 aliphatic heterocycles. The van der Waals surface area contributed by atoms with E-state index in [2.05, 4.69) is 0 Å². The summed E-state index contributed by atoms with van der Waals surface area (Å²) in [4.78, 5) is 0. The molecular weight excluding hydrogens is 370 g/mol. The molecule has 0 saturated heterocycles. The highest BCUT2D eigenvalue weighted by molar-refractivity contribution is 14.1. The number of allylic oxidation sites excluding steroid dienone is 3. The molecule has 0 saturated carbocycles. The molecule has 0 bridgehead atoms. The second-order valence-corrected chi connectivity index (χ2v) is 3.34. The van der Waals surface area contributed by atoms with Crippen LogP contribution in [0.5, 0.6) is 0 Å². The zero-order valence-corrected chi connectivity index (χ0v) is 8.94. The standard InChI is InChI=1S/C6F9I/c7-2(4(8)9)1(5(10,11)12)3(16)6(13,14)15/b3-1+. The van der Waals surface area contributed by atoms with Crippen molar-refractivity contribution in [3.63, 3.8) is 0 Å². The zero-order chi connectivity index (χ0) is 13.3. The summed E-state index contributed by atoms with van der Waals surface area (Å²) in [6.45, 7) is 0. The first-order chi connectivity index (χ1) is 6.89. The Morgan fingerprint density at radius 2 is 1.12 bits per heavy atom. The van der Waals surface area contributed by atoms with Gasteiger partial charge >= 0.3 is 18.4 Å². The van der Waals surface area contributed by atoms with Crippen LogP contribution >= 0.6 is 22.6 Å². The third-order valence-corrected chi connectivity index (χ3v) is 2.29. The lowest BCUT2D eigenvalue weighted by atomic mass is 10.2. The smallest absolute Gasteiger partial charge is 0.200 e. The van der Waals surface area contributed by atoms with Gasteiger partial charge in [0.2, 0.25) is 5.83 Å². The molecule has 0 aliphatic rings. The third-order valence-electron chi connectivity index (χ3n) is 1.14. The maximum atomic E-state index is 12.3. The van der Waals surface area contributed by atoms with Crippen LogP contribution < -0.4 is 0 Å². The molecule has 0 N–H and O–H groups in total. The SMILES string of the molecule is FC(F)=C(F)/C(=C(\I)C(F)(F)F)C(F)(F)F. The molecule has 0 nitrogen and oxygen atoms in total. The van der Waals surface area contributed by atoms with Crippen molar-refractivity contribution in [2.75, 3.05) is 0 Å². The van der Waals surface area contributed by atoms with Gasteiger partial charge in [0.25, 0.3) is 0 Å². The molecule has 0 atom stereocenters. The molecule has 0 spiro atoms. The van der Waals surface area contributed by atoms with Crippen molar-refractivity contribution >= 4 is 22.6 Å². The van der Waals surface area contributed by atoms with E-state index < -0.39 is 33.4 Å². The molecule has 0 aromatic heterocycles. The van der Waals surface area contributed by atoms with Crippen molar-refractivity contribution in [1.82, 2.24) is 0 Å². The Bertz CT molecular complexity index is 327. The highest BCUT2D eigenvalue weighted by Gasteiger charge is 2.47. The van der Waals surface area contributed by atoms with E-state index in [0.29, 0.717) is 0 Å². The summed E-state index contributed by atoms with van der Waals surface area (Å²) >= 11 is 0.111. The fraction of sp³-hybridized carbons (Fsp3) is 0.333. The zero-order valence-electron chi connectivity index (χ0n) is 6.78. The Morgan fingerprint density at radius 3 is 1.31 bits per heavy atom. The van der Waals surface area contributed by atoms with Crippen molar-refractivity contribution < 1.29 is 39.5 Å². The van der Waals surface area contributed by atoms with Crippen LogP contribution in [0.25, 0.3) is 0 Å². The lowest BCUT2D eigenvalue weighted by Crippen LogP contribution is -2.20. The summed E-state index contributed by atoms with van der Waals surface area (Å²) in [6.07, 6.45) is -14.9. The molecule has 0 aliphatic carbocycles. The van der Waals surface area contributed by atoms with Gasteiger partial charge in [0.15, 0.2) is 0 Å². The monoisotopic (exact) mass is 370 g/mol. The third kappa shape index (κ3) is 3.87. The van der Waals surface area contributed by atoms with Crippen LogP contribution in [-0.2, 0) is 0 Å². The Labute approximate surface area is 95.9 Å². The van der Waals surface area contributed by atoms with Gasteiger partial charge in [-0.1, -0.05) is 0 Å². The van der Waals surface area contributed by atoms with Gasteiger partial charge in [-0.25, -0.2) is 4.39 Å². The van der Waals surface area contributed by atoms with Gasteiger partial charge in [0.1, 0.15) is 9.15 Å². The van der Waals surface area contributed by atoms with Crippen LogP contribution in [0, 0.1) is 0 Å². The van der Waals surface area contributed by atoms with Gasteiger partial charge in [0, 0.05) is 0 Å². The fourth-order valence-electron chi connectivity index (χ4n) is 0.581. The van der Waals surface area contributed by atoms with Crippen molar-refractivity contribution in [1.29, 1.82) is 0 Å². The van der Waals surface area contributed by atoms with Crippen LogP contribution in [0.1, 0.15) is 0 Å². The summed E-state index contributed by atoms with van der Waals surface area (Å²) in [5.41, 5.74) is -3.03. The summed E-state index contributed by atoms with van der Waals surface area (Å²) in [5, 5.41) is 0. The van der Waals surface area contributed by atoms with Crippen LogP contribution in [0.3, 0.4) is 0 Å². The van der Waals surface area contributed by atoms with E-state index >= 15 is 0 Å². The van der Waals surface area contributed by atoms with Crippen LogP contribution in [-0.4, -0.2) is 12.4 Å². The van der Waals surface area contributed by atoms with Gasteiger partial charge in [0.05, 0.1) is 0 Å². The number of hydrogen-bond donors (Lipinski definition) is 0. The first-order valence-electron chi connectivity index (χ1n) is 3.14. The van der Waals surface area contributed by atoms with Crippen molar-refractivity contribution in [3.8, 4) is 0 Å². The summed E-state index contributed by atoms with van der Waals surface area (Å²) in [7, 11) is 0. The predicted molar refractivity (Wildman–Crippen MR) is 43.5 cm³/mol. The summed E-state index contributed by atoms with van der Waals surface area (Å²) in [6, 6.07) is 0. The predicted octanol–water partition coefficient (Wildman–Crippen LogP) is 4.88. The number of alkyl halides is 6. The molecule has 16 heavy (non-hydrogen) atoms. The molecule has 0 rings (SSSR count). The minimum absolute atomic E-state index is 0.111. The summed E-state index contributed by atoms with van der Waals surface area (Å²) in [5.74, 6) is -3.23. The number of halogens is 10. The van der Waals surface area contributed by atoms with E-state index in [4.69, 9.17) is 0 Å². The molecule has 0 fully saturated rings. The molecule has 0 heterocycles. The topological polar surface area (TPSA) is 0 Å². The normalized spacial score (nSPS) is 14.6. The minimum Gasteiger partial charge on any atom is -0.200 e. The second-order valence-electron chi connectivity index (χ2n) is 2.26. The van der Waals surface area contributed by atoms with Crippen molar-refractivity contribution in [2.24, 2.45) is 0 Å². The van der Waals surface area contributed by atoms with Gasteiger partial charge in [-0.2, -0.15) is 35.1 Å².